The molecule has 1 unspecified atom stereocenters. The molecule has 0 radical (unpaired) electrons. The van der Waals surface area contributed by atoms with Gasteiger partial charge in [0.15, 0.2) is 0 Å². The van der Waals surface area contributed by atoms with Crippen LogP contribution in [0.25, 0.3) is 10.2 Å². The Morgan fingerprint density at radius 1 is 1.43 bits per heavy atom. The molecule has 4 rings (SSSR count). The molecule has 3 aromatic rings. The third-order valence-corrected chi connectivity index (χ3v) is 7.04. The van der Waals surface area contributed by atoms with E-state index in [0.29, 0.717) is 37.8 Å². The van der Waals surface area contributed by atoms with Crippen molar-refractivity contribution in [2.24, 2.45) is 0 Å². The number of benzene rings is 1. The van der Waals surface area contributed by atoms with E-state index in [2.05, 4.69) is 10.3 Å². The maximum atomic E-state index is 14.4. The minimum absolute atomic E-state index is 0.0791. The van der Waals surface area contributed by atoms with Crippen LogP contribution in [-0.2, 0) is 13.0 Å². The number of thiophene rings is 1. The summed E-state index contributed by atoms with van der Waals surface area (Å²) >= 11 is 7.45. The molecule has 30 heavy (non-hydrogen) atoms. The highest BCUT2D eigenvalue weighted by Gasteiger charge is 2.25. The first-order valence-electron chi connectivity index (χ1n) is 9.71. The molecule has 0 aliphatic carbocycles. The smallest absolute Gasteiger partial charge is 0.262 e. The van der Waals surface area contributed by atoms with Crippen molar-refractivity contribution in [3.8, 4) is 0 Å². The van der Waals surface area contributed by atoms with E-state index < -0.39 is 11.9 Å². The molecule has 6 nitrogen and oxygen atoms in total. The number of nitrogens with one attached hydrogen (secondary N) is 1. The van der Waals surface area contributed by atoms with E-state index in [4.69, 9.17) is 11.6 Å². The summed E-state index contributed by atoms with van der Waals surface area (Å²) in [7, 11) is 3.60. The van der Waals surface area contributed by atoms with Gasteiger partial charge in [-0.1, -0.05) is 17.7 Å². The number of amides is 1. The average Bonchev–Trinajstić information content (AvgIpc) is 3.28. The summed E-state index contributed by atoms with van der Waals surface area (Å²) in [5.41, 5.74) is 0.899. The Hall–Kier alpha value is -2.29. The molecule has 1 aliphatic heterocycles. The van der Waals surface area contributed by atoms with Crippen LogP contribution in [-0.4, -0.2) is 41.0 Å². The fraction of sp³-hybridized carbons (Fsp3) is 0.381. The largest absolute Gasteiger partial charge is 0.349 e. The van der Waals surface area contributed by atoms with Gasteiger partial charge in [0.05, 0.1) is 16.3 Å². The van der Waals surface area contributed by atoms with E-state index in [9.17, 15) is 14.0 Å². The highest BCUT2D eigenvalue weighted by atomic mass is 35.5. The molecule has 1 aliphatic rings. The van der Waals surface area contributed by atoms with Crippen molar-refractivity contribution in [1.29, 1.82) is 0 Å². The predicted molar refractivity (Wildman–Crippen MR) is 117 cm³/mol. The van der Waals surface area contributed by atoms with Gasteiger partial charge < -0.3 is 10.2 Å². The molecule has 1 aromatic carbocycles. The number of carbonyl (C=O) groups excluding carboxylic acids is 1. The standard InChI is InChI=1S/C21H22ClFN4O2S/c1-11-16-20(25-15-8-5-9-27(15)21(16)29)30-18(11)19(28)24-10-14(26(2)3)17-12(22)6-4-7-13(17)23/h4,6-7,14H,5,8-10H2,1-3H3,(H,24,28). The number of aryl methyl sites for hydroxylation is 2. The fourth-order valence-electron chi connectivity index (χ4n) is 3.93. The summed E-state index contributed by atoms with van der Waals surface area (Å²) in [5.74, 6) is 0.0576. The quantitative estimate of drug-likeness (QED) is 0.648. The zero-order valence-electron chi connectivity index (χ0n) is 17.0. The highest BCUT2D eigenvalue weighted by molar-refractivity contribution is 7.20. The van der Waals surface area contributed by atoms with Gasteiger partial charge in [-0.15, -0.1) is 11.3 Å². The summed E-state index contributed by atoms with van der Waals surface area (Å²) in [4.78, 5) is 33.2. The van der Waals surface area contributed by atoms with Gasteiger partial charge in [-0.05, 0) is 45.1 Å². The lowest BCUT2D eigenvalue weighted by molar-refractivity contribution is 0.0945. The highest BCUT2D eigenvalue weighted by Crippen LogP contribution is 2.30. The van der Waals surface area contributed by atoms with Crippen molar-refractivity contribution in [3.63, 3.8) is 0 Å². The van der Waals surface area contributed by atoms with Gasteiger partial charge >= 0.3 is 0 Å². The first-order valence-corrected chi connectivity index (χ1v) is 10.9. The molecule has 9 heteroatoms. The van der Waals surface area contributed by atoms with E-state index in [1.54, 1.807) is 42.6 Å². The van der Waals surface area contributed by atoms with Crippen LogP contribution >= 0.6 is 22.9 Å². The number of hydrogen-bond donors (Lipinski definition) is 1. The van der Waals surface area contributed by atoms with Crippen molar-refractivity contribution in [2.45, 2.75) is 32.4 Å². The molecular weight excluding hydrogens is 427 g/mol. The Morgan fingerprint density at radius 2 is 2.20 bits per heavy atom. The van der Waals surface area contributed by atoms with Crippen LogP contribution in [0.3, 0.4) is 0 Å². The van der Waals surface area contributed by atoms with Gasteiger partial charge in [0.2, 0.25) is 0 Å². The van der Waals surface area contributed by atoms with Gasteiger partial charge in [0, 0.05) is 30.1 Å². The summed E-state index contributed by atoms with van der Waals surface area (Å²) in [6.45, 7) is 2.61. The molecule has 158 valence electrons. The molecule has 0 fully saturated rings. The van der Waals surface area contributed by atoms with E-state index in [-0.39, 0.29) is 18.0 Å². The number of hydrogen-bond acceptors (Lipinski definition) is 5. The second kappa shape index (κ2) is 8.09. The van der Waals surface area contributed by atoms with Gasteiger partial charge in [-0.3, -0.25) is 14.2 Å². The van der Waals surface area contributed by atoms with Crippen LogP contribution in [0.1, 0.15) is 39.1 Å². The van der Waals surface area contributed by atoms with Gasteiger partial charge in [-0.25, -0.2) is 9.37 Å². The molecule has 0 bridgehead atoms. The van der Waals surface area contributed by atoms with Gasteiger partial charge in [0.25, 0.3) is 11.5 Å². The third kappa shape index (κ3) is 3.53. The summed E-state index contributed by atoms with van der Waals surface area (Å²) in [6, 6.07) is 4.10. The van der Waals surface area contributed by atoms with E-state index in [0.717, 1.165) is 18.7 Å². The van der Waals surface area contributed by atoms with Crippen LogP contribution in [0, 0.1) is 12.7 Å². The van der Waals surface area contributed by atoms with Gasteiger partial charge in [-0.2, -0.15) is 0 Å². The minimum Gasteiger partial charge on any atom is -0.349 e. The normalized spacial score (nSPS) is 14.3. The monoisotopic (exact) mass is 448 g/mol. The second-order valence-electron chi connectivity index (χ2n) is 7.65. The molecule has 1 atom stereocenters. The van der Waals surface area contributed by atoms with Crippen LogP contribution < -0.4 is 10.9 Å². The summed E-state index contributed by atoms with van der Waals surface area (Å²) < 4.78 is 16.1. The number of carbonyl (C=O) groups is 1. The lowest BCUT2D eigenvalue weighted by Gasteiger charge is -2.26. The molecule has 3 heterocycles. The SMILES string of the molecule is Cc1c(C(=O)NCC(c2c(F)cccc2Cl)N(C)C)sc2nc3n(c(=O)c12)CCC3. The third-order valence-electron chi connectivity index (χ3n) is 5.53. The topological polar surface area (TPSA) is 67.2 Å². The number of fused-ring (bicyclic) bond motifs is 2. The molecule has 1 amide bonds. The average molecular weight is 449 g/mol. The second-order valence-corrected chi connectivity index (χ2v) is 9.06. The molecule has 0 saturated carbocycles. The van der Waals surface area contributed by atoms with E-state index in [1.165, 1.54) is 17.4 Å². The number of nitrogens with zero attached hydrogens (tertiary/aromatic N) is 3. The van der Waals surface area contributed by atoms with Crippen LogP contribution in [0.5, 0.6) is 0 Å². The lowest BCUT2D eigenvalue weighted by atomic mass is 10.0. The predicted octanol–water partition coefficient (Wildman–Crippen LogP) is 3.54. The first kappa shape index (κ1) is 21.0. The Bertz CT molecular complexity index is 1180. The summed E-state index contributed by atoms with van der Waals surface area (Å²) in [6.07, 6.45) is 1.69. The lowest BCUT2D eigenvalue weighted by Crippen LogP contribution is -2.35. The van der Waals surface area contributed by atoms with Crippen molar-refractivity contribution in [1.82, 2.24) is 19.8 Å². The zero-order valence-corrected chi connectivity index (χ0v) is 18.5. The van der Waals surface area contributed by atoms with E-state index in [1.807, 2.05) is 0 Å². The fourth-order valence-corrected chi connectivity index (χ4v) is 5.33. The van der Waals surface area contributed by atoms with Crippen LogP contribution in [0.15, 0.2) is 23.0 Å². The molecule has 0 spiro atoms. The Morgan fingerprint density at radius 3 is 2.90 bits per heavy atom. The maximum Gasteiger partial charge on any atom is 0.262 e. The van der Waals surface area contributed by atoms with Crippen LogP contribution in [0.2, 0.25) is 5.02 Å². The maximum absolute atomic E-state index is 14.4. The number of likely N-dealkylation sites (N-methyl/N-ethyl adjacent to an activating group) is 1. The number of halogens is 2. The van der Waals surface area contributed by atoms with Crippen LogP contribution in [0.4, 0.5) is 4.39 Å². The number of rotatable bonds is 5. The molecule has 0 saturated heterocycles. The van der Waals surface area contributed by atoms with Crippen molar-refractivity contribution < 1.29 is 9.18 Å². The molecule has 1 N–H and O–H groups in total. The zero-order chi connectivity index (χ0) is 21.6. The Balaban J connectivity index is 1.62. The van der Waals surface area contributed by atoms with Gasteiger partial charge in [0.1, 0.15) is 16.5 Å². The van der Waals surface area contributed by atoms with E-state index >= 15 is 0 Å². The summed E-state index contributed by atoms with van der Waals surface area (Å²) in [5, 5.41) is 3.70. The van der Waals surface area contributed by atoms with Crippen molar-refractivity contribution >= 4 is 39.1 Å². The van der Waals surface area contributed by atoms with Crippen molar-refractivity contribution in [3.05, 3.63) is 61.2 Å². The molecular formula is C21H22ClFN4O2S. The minimum atomic E-state index is -0.440. The Labute approximate surface area is 182 Å². The van der Waals surface area contributed by atoms with Crippen molar-refractivity contribution in [2.75, 3.05) is 20.6 Å². The Kier molecular flexibility index (Phi) is 5.65. The number of aromatic nitrogens is 2. The molecule has 2 aromatic heterocycles. The first-order chi connectivity index (χ1) is 14.3.